The predicted molar refractivity (Wildman–Crippen MR) is 66.1 cm³/mol. The fraction of sp³-hybridized carbons (Fsp3) is 0.286. The summed E-state index contributed by atoms with van der Waals surface area (Å²) in [5, 5.41) is 4.36. The Morgan fingerprint density at radius 1 is 1.44 bits per heavy atom. The second-order valence-electron chi connectivity index (χ2n) is 3.74. The highest BCUT2D eigenvalue weighted by Gasteiger charge is 2.12. The van der Waals surface area contributed by atoms with Crippen LogP contribution in [0.3, 0.4) is 0 Å². The van der Waals surface area contributed by atoms with Crippen molar-refractivity contribution in [3.05, 3.63) is 36.1 Å². The van der Waals surface area contributed by atoms with Gasteiger partial charge in [-0.1, -0.05) is 31.0 Å². The minimum absolute atomic E-state index is 0.132. The third-order valence-corrected chi connectivity index (χ3v) is 2.49. The number of furan rings is 1. The van der Waals surface area contributed by atoms with Crippen molar-refractivity contribution in [2.45, 2.75) is 19.4 Å². The van der Waals surface area contributed by atoms with E-state index in [0.717, 1.165) is 29.7 Å². The monoisotopic (exact) mass is 213 g/mol. The van der Waals surface area contributed by atoms with Gasteiger partial charge in [0.2, 0.25) is 0 Å². The van der Waals surface area contributed by atoms with Gasteiger partial charge in [-0.05, 0) is 25.1 Å². The molecule has 0 spiro atoms. The van der Waals surface area contributed by atoms with Gasteiger partial charge >= 0.3 is 0 Å². The summed E-state index contributed by atoms with van der Waals surface area (Å²) in [7, 11) is 0. The van der Waals surface area contributed by atoms with Crippen LogP contribution in [0.5, 0.6) is 0 Å². The highest BCUT2D eigenvalue weighted by molar-refractivity contribution is 5.77. The lowest BCUT2D eigenvalue weighted by Gasteiger charge is -2.08. The van der Waals surface area contributed by atoms with Crippen LogP contribution in [-0.2, 0) is 0 Å². The molecule has 0 aliphatic heterocycles. The molecule has 0 radical (unpaired) electrons. The first kappa shape index (κ1) is 10.8. The van der Waals surface area contributed by atoms with Crippen LogP contribution in [0.15, 0.2) is 34.7 Å². The van der Waals surface area contributed by atoms with Gasteiger partial charge in [0.15, 0.2) is 0 Å². The Morgan fingerprint density at radius 3 is 2.94 bits per heavy atom. The number of fused-ring (bicyclic) bond motifs is 1. The SMILES string of the molecule is C#CC(NCCC)c1cc2ccccc2o1. The fourth-order valence-corrected chi connectivity index (χ4v) is 1.67. The summed E-state index contributed by atoms with van der Waals surface area (Å²) >= 11 is 0. The van der Waals surface area contributed by atoms with Gasteiger partial charge in [-0.2, -0.15) is 0 Å². The molecule has 0 aliphatic rings. The van der Waals surface area contributed by atoms with Crippen molar-refractivity contribution >= 4 is 11.0 Å². The fourth-order valence-electron chi connectivity index (χ4n) is 1.67. The number of terminal acetylenes is 1. The highest BCUT2D eigenvalue weighted by Crippen LogP contribution is 2.23. The van der Waals surface area contributed by atoms with Crippen LogP contribution in [0.25, 0.3) is 11.0 Å². The van der Waals surface area contributed by atoms with Gasteiger partial charge in [-0.25, -0.2) is 0 Å². The number of hydrogen-bond donors (Lipinski definition) is 1. The van der Waals surface area contributed by atoms with E-state index in [2.05, 4.69) is 18.2 Å². The molecule has 1 aromatic carbocycles. The van der Waals surface area contributed by atoms with Crippen LogP contribution in [0.4, 0.5) is 0 Å². The molecule has 82 valence electrons. The van der Waals surface area contributed by atoms with E-state index in [9.17, 15) is 0 Å². The number of nitrogens with one attached hydrogen (secondary N) is 1. The molecule has 1 N–H and O–H groups in total. The molecule has 0 fully saturated rings. The summed E-state index contributed by atoms with van der Waals surface area (Å²) in [6.07, 6.45) is 6.55. The van der Waals surface area contributed by atoms with Crippen LogP contribution in [0.1, 0.15) is 25.1 Å². The van der Waals surface area contributed by atoms with Crippen LogP contribution in [-0.4, -0.2) is 6.54 Å². The first-order chi connectivity index (χ1) is 7.85. The van der Waals surface area contributed by atoms with Gasteiger partial charge < -0.3 is 4.42 Å². The van der Waals surface area contributed by atoms with E-state index in [1.165, 1.54) is 0 Å². The number of benzene rings is 1. The van der Waals surface area contributed by atoms with Crippen LogP contribution in [0.2, 0.25) is 0 Å². The third kappa shape index (κ3) is 2.10. The molecule has 2 nitrogen and oxygen atoms in total. The molecule has 1 atom stereocenters. The van der Waals surface area contributed by atoms with Crippen LogP contribution < -0.4 is 5.32 Å². The van der Waals surface area contributed by atoms with Gasteiger partial charge in [0.1, 0.15) is 17.4 Å². The second-order valence-corrected chi connectivity index (χ2v) is 3.74. The second kappa shape index (κ2) is 4.87. The van der Waals surface area contributed by atoms with Gasteiger partial charge in [-0.3, -0.25) is 5.32 Å². The molecule has 2 aromatic rings. The smallest absolute Gasteiger partial charge is 0.134 e. The first-order valence-electron chi connectivity index (χ1n) is 5.53. The molecule has 0 aliphatic carbocycles. The Morgan fingerprint density at radius 2 is 2.25 bits per heavy atom. The van der Waals surface area contributed by atoms with Gasteiger partial charge in [-0.15, -0.1) is 6.42 Å². The molecule has 2 heteroatoms. The zero-order chi connectivity index (χ0) is 11.4. The zero-order valence-corrected chi connectivity index (χ0v) is 9.36. The topological polar surface area (TPSA) is 25.2 Å². The molecule has 1 heterocycles. The Kier molecular flexibility index (Phi) is 3.28. The quantitative estimate of drug-likeness (QED) is 0.789. The summed E-state index contributed by atoms with van der Waals surface area (Å²) < 4.78 is 5.71. The van der Waals surface area contributed by atoms with Crippen LogP contribution >= 0.6 is 0 Å². The molecule has 16 heavy (non-hydrogen) atoms. The predicted octanol–water partition coefficient (Wildman–Crippen LogP) is 3.11. The van der Waals surface area contributed by atoms with Crippen molar-refractivity contribution in [1.82, 2.24) is 5.32 Å². The molecule has 0 saturated carbocycles. The summed E-state index contributed by atoms with van der Waals surface area (Å²) in [6, 6.07) is 9.79. The van der Waals surface area contributed by atoms with E-state index in [1.807, 2.05) is 30.3 Å². The van der Waals surface area contributed by atoms with E-state index in [4.69, 9.17) is 10.8 Å². The van der Waals surface area contributed by atoms with Crippen molar-refractivity contribution < 1.29 is 4.42 Å². The van der Waals surface area contributed by atoms with Crippen molar-refractivity contribution in [3.63, 3.8) is 0 Å². The summed E-state index contributed by atoms with van der Waals surface area (Å²) in [4.78, 5) is 0. The van der Waals surface area contributed by atoms with E-state index in [1.54, 1.807) is 0 Å². The zero-order valence-electron chi connectivity index (χ0n) is 9.36. The standard InChI is InChI=1S/C14H15NO/c1-3-9-15-12(4-2)14-10-11-7-5-6-8-13(11)16-14/h2,5-8,10,12,15H,3,9H2,1H3. The van der Waals surface area contributed by atoms with Gasteiger partial charge in [0.25, 0.3) is 0 Å². The van der Waals surface area contributed by atoms with Gasteiger partial charge in [0.05, 0.1) is 0 Å². The Bertz CT molecular complexity index is 474. The molecular formula is C14H15NO. The molecule has 1 aromatic heterocycles. The maximum Gasteiger partial charge on any atom is 0.134 e. The van der Waals surface area contributed by atoms with Crippen molar-refractivity contribution in [3.8, 4) is 12.3 Å². The largest absolute Gasteiger partial charge is 0.458 e. The lowest BCUT2D eigenvalue weighted by Crippen LogP contribution is -2.20. The lowest BCUT2D eigenvalue weighted by molar-refractivity contribution is 0.485. The third-order valence-electron chi connectivity index (χ3n) is 2.49. The first-order valence-corrected chi connectivity index (χ1v) is 5.53. The lowest BCUT2D eigenvalue weighted by atomic mass is 10.2. The highest BCUT2D eigenvalue weighted by atomic mass is 16.3. The molecule has 0 saturated heterocycles. The summed E-state index contributed by atoms with van der Waals surface area (Å²) in [5.74, 6) is 3.53. The van der Waals surface area contributed by atoms with E-state index in [-0.39, 0.29) is 6.04 Å². The molecular weight excluding hydrogens is 198 g/mol. The average molecular weight is 213 g/mol. The van der Waals surface area contributed by atoms with E-state index < -0.39 is 0 Å². The van der Waals surface area contributed by atoms with E-state index in [0.29, 0.717) is 0 Å². The normalized spacial score (nSPS) is 12.5. The van der Waals surface area contributed by atoms with Crippen molar-refractivity contribution in [2.75, 3.05) is 6.54 Å². The minimum Gasteiger partial charge on any atom is -0.458 e. The van der Waals surface area contributed by atoms with Crippen molar-refractivity contribution in [1.29, 1.82) is 0 Å². The maximum absolute atomic E-state index is 5.71. The van der Waals surface area contributed by atoms with Crippen molar-refractivity contribution in [2.24, 2.45) is 0 Å². The van der Waals surface area contributed by atoms with Crippen LogP contribution in [0, 0.1) is 12.3 Å². The molecule has 0 amide bonds. The minimum atomic E-state index is -0.132. The Balaban J connectivity index is 2.28. The molecule has 0 bridgehead atoms. The van der Waals surface area contributed by atoms with E-state index >= 15 is 0 Å². The number of hydrogen-bond acceptors (Lipinski definition) is 2. The summed E-state index contributed by atoms with van der Waals surface area (Å²) in [6.45, 7) is 3.01. The average Bonchev–Trinajstić information content (AvgIpc) is 2.73. The molecule has 1 unspecified atom stereocenters. The number of para-hydroxylation sites is 1. The number of rotatable bonds is 4. The maximum atomic E-state index is 5.71. The Labute approximate surface area is 95.6 Å². The Hall–Kier alpha value is -1.72. The molecule has 2 rings (SSSR count). The summed E-state index contributed by atoms with van der Waals surface area (Å²) in [5.41, 5.74) is 0.885. The van der Waals surface area contributed by atoms with Gasteiger partial charge in [0, 0.05) is 5.39 Å².